The van der Waals surface area contributed by atoms with Crippen LogP contribution in [0.4, 0.5) is 16.4 Å². The zero-order chi connectivity index (χ0) is 17.0. The second-order valence-corrected chi connectivity index (χ2v) is 5.00. The summed E-state index contributed by atoms with van der Waals surface area (Å²) in [6.07, 6.45) is -0.662. The first-order valence-corrected chi connectivity index (χ1v) is 6.92. The fourth-order valence-electron chi connectivity index (χ4n) is 1.92. The highest BCUT2D eigenvalue weighted by Crippen LogP contribution is 2.19. The maximum absolute atomic E-state index is 12.2. The number of imidazole rings is 1. The quantitative estimate of drug-likeness (QED) is 0.900. The summed E-state index contributed by atoms with van der Waals surface area (Å²) in [7, 11) is 4.54. The maximum Gasteiger partial charge on any atom is 0.426 e. The number of aromatic nitrogens is 2. The second-order valence-electron chi connectivity index (χ2n) is 5.00. The lowest BCUT2D eigenvalue weighted by molar-refractivity contribution is 0.0821. The lowest BCUT2D eigenvalue weighted by atomic mass is 10.3. The Kier molecular flexibility index (Phi) is 4.85. The SMILES string of the molecule is COC(=O)Nn1c(Nc2ccccc2)nc(C(=O)N(C)C)c1C. The molecule has 0 unspecified atom stereocenters. The number of carbonyl (C=O) groups excluding carboxylic acids is 2. The Balaban J connectivity index is 2.43. The number of benzene rings is 1. The minimum atomic E-state index is -0.662. The Morgan fingerprint density at radius 2 is 1.87 bits per heavy atom. The van der Waals surface area contributed by atoms with Crippen molar-refractivity contribution < 1.29 is 14.3 Å². The van der Waals surface area contributed by atoms with Crippen LogP contribution in [0.25, 0.3) is 0 Å². The summed E-state index contributed by atoms with van der Waals surface area (Å²) in [5.74, 6) is 0.0494. The first kappa shape index (κ1) is 16.3. The number of nitrogens with one attached hydrogen (secondary N) is 2. The lowest BCUT2D eigenvalue weighted by Gasteiger charge is -2.12. The first-order chi connectivity index (χ1) is 10.9. The molecule has 0 atom stereocenters. The smallest absolute Gasteiger partial charge is 0.426 e. The van der Waals surface area contributed by atoms with E-state index in [4.69, 9.17) is 0 Å². The van der Waals surface area contributed by atoms with Crippen LogP contribution in [0.15, 0.2) is 30.3 Å². The molecule has 0 spiro atoms. The molecule has 0 aliphatic rings. The highest BCUT2D eigenvalue weighted by molar-refractivity contribution is 5.94. The van der Waals surface area contributed by atoms with E-state index >= 15 is 0 Å². The predicted octanol–water partition coefficient (Wildman–Crippen LogP) is 1.95. The molecule has 2 N–H and O–H groups in total. The van der Waals surface area contributed by atoms with E-state index in [2.05, 4.69) is 20.5 Å². The largest absolute Gasteiger partial charge is 0.452 e. The van der Waals surface area contributed by atoms with Crippen molar-refractivity contribution in [3.63, 3.8) is 0 Å². The molecule has 1 aromatic heterocycles. The van der Waals surface area contributed by atoms with Crippen LogP contribution in [-0.4, -0.2) is 47.8 Å². The van der Waals surface area contributed by atoms with E-state index in [-0.39, 0.29) is 11.6 Å². The minimum absolute atomic E-state index is 0.241. The number of nitrogens with zero attached hydrogens (tertiary/aromatic N) is 3. The normalized spacial score (nSPS) is 10.1. The first-order valence-electron chi connectivity index (χ1n) is 6.92. The zero-order valence-electron chi connectivity index (χ0n) is 13.5. The third-order valence-corrected chi connectivity index (χ3v) is 3.13. The topological polar surface area (TPSA) is 88.5 Å². The lowest BCUT2D eigenvalue weighted by Crippen LogP contribution is -2.26. The van der Waals surface area contributed by atoms with Gasteiger partial charge in [-0.3, -0.25) is 4.79 Å². The molecule has 2 aromatic rings. The molecule has 1 aromatic carbocycles. The van der Waals surface area contributed by atoms with Crippen LogP contribution in [-0.2, 0) is 4.74 Å². The number of hydrogen-bond donors (Lipinski definition) is 2. The predicted molar refractivity (Wildman–Crippen MR) is 86.5 cm³/mol. The molecule has 0 saturated carbocycles. The van der Waals surface area contributed by atoms with Crippen molar-refractivity contribution in [1.29, 1.82) is 0 Å². The van der Waals surface area contributed by atoms with Crippen molar-refractivity contribution in [3.8, 4) is 0 Å². The molecule has 0 bridgehead atoms. The van der Waals surface area contributed by atoms with Crippen LogP contribution in [0.2, 0.25) is 0 Å². The van der Waals surface area contributed by atoms with Gasteiger partial charge in [-0.2, -0.15) is 0 Å². The van der Waals surface area contributed by atoms with Gasteiger partial charge in [0.1, 0.15) is 0 Å². The molecular formula is C15H19N5O3. The van der Waals surface area contributed by atoms with Gasteiger partial charge in [-0.25, -0.2) is 19.9 Å². The monoisotopic (exact) mass is 317 g/mol. The molecule has 0 aliphatic heterocycles. The van der Waals surface area contributed by atoms with Crippen molar-refractivity contribution in [3.05, 3.63) is 41.7 Å². The van der Waals surface area contributed by atoms with Gasteiger partial charge >= 0.3 is 6.09 Å². The Labute approximate surface area is 134 Å². The van der Waals surface area contributed by atoms with Crippen LogP contribution < -0.4 is 10.7 Å². The van der Waals surface area contributed by atoms with Crippen LogP contribution >= 0.6 is 0 Å². The molecule has 0 aliphatic carbocycles. The maximum atomic E-state index is 12.2. The fraction of sp³-hybridized carbons (Fsp3) is 0.267. The summed E-state index contributed by atoms with van der Waals surface area (Å²) in [4.78, 5) is 29.5. The van der Waals surface area contributed by atoms with E-state index in [0.29, 0.717) is 11.6 Å². The number of hydrogen-bond acceptors (Lipinski definition) is 5. The highest BCUT2D eigenvalue weighted by Gasteiger charge is 2.22. The van der Waals surface area contributed by atoms with Crippen LogP contribution in [0.1, 0.15) is 16.2 Å². The van der Waals surface area contributed by atoms with Gasteiger partial charge in [0.15, 0.2) is 5.69 Å². The second kappa shape index (κ2) is 6.82. The van der Waals surface area contributed by atoms with E-state index in [0.717, 1.165) is 5.69 Å². The average Bonchev–Trinajstić information content (AvgIpc) is 2.84. The molecule has 8 heteroatoms. The van der Waals surface area contributed by atoms with Gasteiger partial charge in [0.25, 0.3) is 5.91 Å². The third kappa shape index (κ3) is 3.60. The van der Waals surface area contributed by atoms with Crippen molar-refractivity contribution in [1.82, 2.24) is 14.6 Å². The molecule has 0 fully saturated rings. The van der Waals surface area contributed by atoms with Crippen LogP contribution in [0.5, 0.6) is 0 Å². The summed E-state index contributed by atoms with van der Waals surface area (Å²) in [6, 6.07) is 9.31. The van der Waals surface area contributed by atoms with Gasteiger partial charge in [-0.15, -0.1) is 0 Å². The van der Waals surface area contributed by atoms with Gasteiger partial charge in [-0.05, 0) is 19.1 Å². The standard InChI is InChI=1S/C15H19N5O3/c1-10-12(13(21)19(2)3)17-14(20(10)18-15(22)23-4)16-11-8-6-5-7-9-11/h5-9H,1-4H3,(H,16,17)(H,18,22). The van der Waals surface area contributed by atoms with Gasteiger partial charge < -0.3 is 15.0 Å². The summed E-state index contributed by atoms with van der Waals surface area (Å²) >= 11 is 0. The number of anilines is 2. The average molecular weight is 317 g/mol. The van der Waals surface area contributed by atoms with E-state index in [1.807, 2.05) is 30.3 Å². The Morgan fingerprint density at radius 3 is 2.43 bits per heavy atom. The number of rotatable bonds is 4. The van der Waals surface area contributed by atoms with Crippen molar-refractivity contribution in [2.75, 3.05) is 31.9 Å². The van der Waals surface area contributed by atoms with Crippen molar-refractivity contribution in [2.45, 2.75) is 6.92 Å². The van der Waals surface area contributed by atoms with E-state index in [1.54, 1.807) is 21.0 Å². The Morgan fingerprint density at radius 1 is 1.22 bits per heavy atom. The highest BCUT2D eigenvalue weighted by atomic mass is 16.5. The molecule has 122 valence electrons. The Bertz CT molecular complexity index is 709. The van der Waals surface area contributed by atoms with Gasteiger partial charge in [0.05, 0.1) is 12.8 Å². The minimum Gasteiger partial charge on any atom is -0.452 e. The van der Waals surface area contributed by atoms with Gasteiger partial charge in [0.2, 0.25) is 5.95 Å². The molecule has 0 saturated heterocycles. The summed E-state index contributed by atoms with van der Waals surface area (Å²) in [5.41, 5.74) is 4.03. The van der Waals surface area contributed by atoms with E-state index in [1.165, 1.54) is 16.7 Å². The molecular weight excluding hydrogens is 298 g/mol. The number of amides is 2. The van der Waals surface area contributed by atoms with E-state index in [9.17, 15) is 9.59 Å². The molecule has 2 amide bonds. The molecule has 2 rings (SSSR count). The summed E-state index contributed by atoms with van der Waals surface area (Å²) in [6.45, 7) is 1.69. The zero-order valence-corrected chi connectivity index (χ0v) is 13.5. The fourth-order valence-corrected chi connectivity index (χ4v) is 1.92. The number of para-hydroxylation sites is 1. The van der Waals surface area contributed by atoms with Gasteiger partial charge in [0, 0.05) is 19.8 Å². The molecule has 0 radical (unpaired) electrons. The van der Waals surface area contributed by atoms with Crippen molar-refractivity contribution >= 4 is 23.6 Å². The third-order valence-electron chi connectivity index (χ3n) is 3.13. The molecule has 8 nitrogen and oxygen atoms in total. The van der Waals surface area contributed by atoms with Crippen LogP contribution in [0.3, 0.4) is 0 Å². The Hall–Kier alpha value is -3.03. The van der Waals surface area contributed by atoms with Gasteiger partial charge in [-0.1, -0.05) is 18.2 Å². The number of carbonyl (C=O) groups is 2. The summed E-state index contributed by atoms with van der Waals surface area (Å²) < 4.78 is 5.99. The van der Waals surface area contributed by atoms with Crippen LogP contribution in [0, 0.1) is 6.92 Å². The number of methoxy groups -OCH3 is 1. The summed E-state index contributed by atoms with van der Waals surface area (Å²) in [5, 5.41) is 3.07. The molecule has 1 heterocycles. The molecule has 23 heavy (non-hydrogen) atoms. The van der Waals surface area contributed by atoms with E-state index < -0.39 is 6.09 Å². The number of ether oxygens (including phenoxy) is 1. The van der Waals surface area contributed by atoms with Crippen molar-refractivity contribution in [2.24, 2.45) is 0 Å².